The smallest absolute Gasteiger partial charge is 0.191 e. The molecule has 1 atom stereocenters. The summed E-state index contributed by atoms with van der Waals surface area (Å²) in [7, 11) is 0. The lowest BCUT2D eigenvalue weighted by molar-refractivity contribution is 0.128. The number of nitrogens with one attached hydrogen (secondary N) is 2. The van der Waals surface area contributed by atoms with Crippen LogP contribution < -0.4 is 10.6 Å². The first kappa shape index (κ1) is 23.9. The minimum absolute atomic E-state index is 0. The Bertz CT molecular complexity index is 326. The quantitative estimate of drug-likeness (QED) is 0.218. The van der Waals surface area contributed by atoms with Crippen molar-refractivity contribution in [1.29, 1.82) is 0 Å². The number of likely N-dealkylation sites (tertiary alicyclic amines) is 1. The molecule has 1 saturated heterocycles. The normalized spacial score (nSPS) is 18.7. The van der Waals surface area contributed by atoms with Crippen LogP contribution in [0, 0.1) is 11.8 Å². The maximum atomic E-state index is 5.64. The third-order valence-electron chi connectivity index (χ3n) is 4.14. The lowest BCUT2D eigenvalue weighted by atomic mass is 10.1. The summed E-state index contributed by atoms with van der Waals surface area (Å²) >= 11 is 0. The van der Waals surface area contributed by atoms with Gasteiger partial charge in [0.25, 0.3) is 0 Å². The molecule has 0 radical (unpaired) electrons. The predicted molar refractivity (Wildman–Crippen MR) is 115 cm³/mol. The maximum absolute atomic E-state index is 5.64. The van der Waals surface area contributed by atoms with Gasteiger partial charge in [0.1, 0.15) is 0 Å². The second kappa shape index (κ2) is 15.2. The summed E-state index contributed by atoms with van der Waals surface area (Å²) in [6.07, 6.45) is 3.66. The highest BCUT2D eigenvalue weighted by Crippen LogP contribution is 2.16. The largest absolute Gasteiger partial charge is 0.380 e. The summed E-state index contributed by atoms with van der Waals surface area (Å²) in [4.78, 5) is 7.31. The Morgan fingerprint density at radius 3 is 2.71 bits per heavy atom. The van der Waals surface area contributed by atoms with E-state index in [-0.39, 0.29) is 24.0 Å². The van der Waals surface area contributed by atoms with Gasteiger partial charge in [-0.1, -0.05) is 20.8 Å². The fourth-order valence-corrected chi connectivity index (χ4v) is 2.81. The molecular formula is C18H39IN4O. The van der Waals surface area contributed by atoms with Gasteiger partial charge >= 0.3 is 0 Å². The third-order valence-corrected chi connectivity index (χ3v) is 4.14. The Kier molecular flexibility index (Phi) is 15.1. The molecule has 1 heterocycles. The fraction of sp³-hybridized carbons (Fsp3) is 0.944. The van der Waals surface area contributed by atoms with Crippen molar-refractivity contribution >= 4 is 29.9 Å². The van der Waals surface area contributed by atoms with E-state index in [2.05, 4.69) is 43.2 Å². The van der Waals surface area contributed by atoms with Gasteiger partial charge in [-0.2, -0.15) is 0 Å². The van der Waals surface area contributed by atoms with Gasteiger partial charge in [-0.05, 0) is 51.1 Å². The Balaban J connectivity index is 0.00000529. The van der Waals surface area contributed by atoms with Crippen LogP contribution in [-0.4, -0.2) is 63.3 Å². The topological polar surface area (TPSA) is 48.9 Å². The summed E-state index contributed by atoms with van der Waals surface area (Å²) < 4.78 is 5.64. The van der Waals surface area contributed by atoms with Gasteiger partial charge in [0.15, 0.2) is 5.96 Å². The van der Waals surface area contributed by atoms with Crippen molar-refractivity contribution in [3.05, 3.63) is 0 Å². The molecule has 0 aliphatic carbocycles. The molecule has 6 heteroatoms. The summed E-state index contributed by atoms with van der Waals surface area (Å²) in [5.74, 6) is 2.34. The summed E-state index contributed by atoms with van der Waals surface area (Å²) in [5, 5.41) is 6.69. The molecule has 1 fully saturated rings. The molecule has 0 bridgehead atoms. The number of guanidine groups is 1. The third kappa shape index (κ3) is 11.5. The van der Waals surface area contributed by atoms with Crippen LogP contribution in [0.15, 0.2) is 4.99 Å². The fourth-order valence-electron chi connectivity index (χ4n) is 2.81. The van der Waals surface area contributed by atoms with Crippen molar-refractivity contribution in [3.63, 3.8) is 0 Å². The molecule has 1 aliphatic rings. The molecule has 24 heavy (non-hydrogen) atoms. The molecule has 0 aromatic carbocycles. The van der Waals surface area contributed by atoms with Gasteiger partial charge in [-0.25, -0.2) is 0 Å². The molecule has 0 amide bonds. The van der Waals surface area contributed by atoms with Gasteiger partial charge < -0.3 is 20.3 Å². The number of hydrogen-bond donors (Lipinski definition) is 2. The highest BCUT2D eigenvalue weighted by molar-refractivity contribution is 14.0. The molecule has 0 saturated carbocycles. The second-order valence-electron chi connectivity index (χ2n) is 6.90. The van der Waals surface area contributed by atoms with Crippen molar-refractivity contribution in [2.45, 2.75) is 47.0 Å². The van der Waals surface area contributed by atoms with Crippen LogP contribution in [0.25, 0.3) is 0 Å². The van der Waals surface area contributed by atoms with Crippen LogP contribution in [0.4, 0.5) is 0 Å². The first-order valence-corrected chi connectivity index (χ1v) is 9.47. The summed E-state index contributed by atoms with van der Waals surface area (Å²) in [6.45, 7) is 16.7. The zero-order chi connectivity index (χ0) is 16.9. The van der Waals surface area contributed by atoms with Gasteiger partial charge in [0.2, 0.25) is 0 Å². The summed E-state index contributed by atoms with van der Waals surface area (Å²) in [6, 6.07) is 0. The van der Waals surface area contributed by atoms with Crippen LogP contribution in [0.2, 0.25) is 0 Å². The van der Waals surface area contributed by atoms with Crippen LogP contribution in [0.3, 0.4) is 0 Å². The van der Waals surface area contributed by atoms with E-state index in [9.17, 15) is 0 Å². The molecule has 2 N–H and O–H groups in total. The van der Waals surface area contributed by atoms with E-state index in [1.165, 1.54) is 32.5 Å². The van der Waals surface area contributed by atoms with Crippen LogP contribution in [0.1, 0.15) is 47.0 Å². The summed E-state index contributed by atoms with van der Waals surface area (Å²) in [5.41, 5.74) is 0. The molecule has 5 nitrogen and oxygen atoms in total. The number of aliphatic imine (C=N–C) groups is 1. The van der Waals surface area contributed by atoms with E-state index >= 15 is 0 Å². The number of rotatable bonds is 11. The van der Waals surface area contributed by atoms with E-state index < -0.39 is 0 Å². The zero-order valence-corrected chi connectivity index (χ0v) is 18.5. The van der Waals surface area contributed by atoms with Crippen molar-refractivity contribution < 1.29 is 4.74 Å². The highest BCUT2D eigenvalue weighted by Gasteiger charge is 2.21. The predicted octanol–water partition coefficient (Wildman–Crippen LogP) is 2.95. The second-order valence-corrected chi connectivity index (χ2v) is 6.90. The lowest BCUT2D eigenvalue weighted by Crippen LogP contribution is -2.39. The Morgan fingerprint density at radius 2 is 2.04 bits per heavy atom. The lowest BCUT2D eigenvalue weighted by Gasteiger charge is -2.15. The van der Waals surface area contributed by atoms with Crippen LogP contribution in [0.5, 0.6) is 0 Å². The van der Waals surface area contributed by atoms with E-state index in [1.54, 1.807) is 0 Å². The molecule has 1 aliphatic heterocycles. The number of nitrogens with zero attached hydrogens (tertiary/aromatic N) is 2. The van der Waals surface area contributed by atoms with Crippen LogP contribution in [-0.2, 0) is 4.74 Å². The number of halogens is 1. The molecular weight excluding hydrogens is 415 g/mol. The Morgan fingerprint density at radius 1 is 1.25 bits per heavy atom. The molecule has 144 valence electrons. The van der Waals surface area contributed by atoms with Crippen molar-refractivity contribution in [1.82, 2.24) is 15.5 Å². The van der Waals surface area contributed by atoms with E-state index in [0.717, 1.165) is 45.2 Å². The molecule has 0 spiro atoms. The average Bonchev–Trinajstić information content (AvgIpc) is 2.96. The standard InChI is InChI=1S/C18H38N4O.HI/c1-5-10-22-11-7-17(15-22)14-21-18(19-6-2)20-9-13-23-12-8-16(3)4;/h16-17H,5-15H2,1-4H3,(H2,19,20,21);1H. The molecule has 0 aromatic rings. The molecule has 1 rings (SSSR count). The van der Waals surface area contributed by atoms with Gasteiger partial charge in [-0.3, -0.25) is 4.99 Å². The Hall–Kier alpha value is -0.0800. The first-order valence-electron chi connectivity index (χ1n) is 9.47. The monoisotopic (exact) mass is 454 g/mol. The zero-order valence-electron chi connectivity index (χ0n) is 16.1. The molecule has 0 aromatic heterocycles. The highest BCUT2D eigenvalue weighted by atomic mass is 127. The van der Waals surface area contributed by atoms with Crippen LogP contribution >= 0.6 is 24.0 Å². The Labute approximate surface area is 166 Å². The van der Waals surface area contributed by atoms with Gasteiger partial charge in [-0.15, -0.1) is 24.0 Å². The van der Waals surface area contributed by atoms with E-state index in [1.807, 2.05) is 0 Å². The maximum Gasteiger partial charge on any atom is 0.191 e. The minimum atomic E-state index is 0. The average molecular weight is 454 g/mol. The van der Waals surface area contributed by atoms with Crippen molar-refractivity contribution in [3.8, 4) is 0 Å². The van der Waals surface area contributed by atoms with Crippen molar-refractivity contribution in [2.75, 3.05) is 52.5 Å². The minimum Gasteiger partial charge on any atom is -0.380 e. The first-order chi connectivity index (χ1) is 11.2. The van der Waals surface area contributed by atoms with Gasteiger partial charge in [0, 0.05) is 32.8 Å². The van der Waals surface area contributed by atoms with Crippen molar-refractivity contribution in [2.24, 2.45) is 16.8 Å². The van der Waals surface area contributed by atoms with Gasteiger partial charge in [0.05, 0.1) is 6.61 Å². The number of ether oxygens (including phenoxy) is 1. The van der Waals surface area contributed by atoms with E-state index in [0.29, 0.717) is 11.8 Å². The number of hydrogen-bond acceptors (Lipinski definition) is 3. The molecule has 1 unspecified atom stereocenters. The SMILES string of the molecule is CCCN1CCC(CN=C(NCC)NCCOCCC(C)C)C1.I. The van der Waals surface area contributed by atoms with E-state index in [4.69, 9.17) is 9.73 Å².